The van der Waals surface area contributed by atoms with Crippen LogP contribution in [0.25, 0.3) is 11.3 Å². The molecule has 0 saturated carbocycles. The first-order valence-corrected chi connectivity index (χ1v) is 6.43. The molecule has 0 spiro atoms. The predicted molar refractivity (Wildman–Crippen MR) is 67.8 cm³/mol. The zero-order chi connectivity index (χ0) is 11.5. The van der Waals surface area contributed by atoms with Crippen LogP contribution >= 0.6 is 31.9 Å². The SMILES string of the molecule is O=C(CBr)c1ncc(-c2cccc(Br)c2)o1. The topological polar surface area (TPSA) is 43.1 Å². The molecule has 1 aromatic heterocycles. The van der Waals surface area contributed by atoms with Gasteiger partial charge in [-0.3, -0.25) is 4.79 Å². The molecule has 1 aromatic carbocycles. The van der Waals surface area contributed by atoms with Crippen molar-refractivity contribution >= 4 is 37.6 Å². The van der Waals surface area contributed by atoms with Crippen molar-refractivity contribution in [3.05, 3.63) is 40.8 Å². The zero-order valence-electron chi connectivity index (χ0n) is 8.11. The van der Waals surface area contributed by atoms with Crippen LogP contribution in [0.1, 0.15) is 10.7 Å². The smallest absolute Gasteiger partial charge is 0.264 e. The predicted octanol–water partition coefficient (Wildman–Crippen LogP) is 3.68. The number of Topliss-reactive ketones (excluding diaryl/α,β-unsaturated/α-hetero) is 1. The zero-order valence-corrected chi connectivity index (χ0v) is 11.3. The lowest BCUT2D eigenvalue weighted by Crippen LogP contribution is -1.98. The Morgan fingerprint density at radius 2 is 2.25 bits per heavy atom. The van der Waals surface area contributed by atoms with Crippen LogP contribution in [0.5, 0.6) is 0 Å². The highest BCUT2D eigenvalue weighted by molar-refractivity contribution is 9.10. The van der Waals surface area contributed by atoms with Crippen LogP contribution in [-0.4, -0.2) is 16.1 Å². The maximum Gasteiger partial charge on any atom is 0.264 e. The number of aromatic nitrogens is 1. The van der Waals surface area contributed by atoms with Crippen molar-refractivity contribution in [1.82, 2.24) is 4.98 Å². The minimum atomic E-state index is -0.166. The monoisotopic (exact) mass is 343 g/mol. The number of hydrogen-bond acceptors (Lipinski definition) is 3. The Morgan fingerprint density at radius 3 is 2.94 bits per heavy atom. The van der Waals surface area contributed by atoms with Gasteiger partial charge >= 0.3 is 0 Å². The van der Waals surface area contributed by atoms with Gasteiger partial charge in [0, 0.05) is 10.0 Å². The molecule has 0 bridgehead atoms. The van der Waals surface area contributed by atoms with Gasteiger partial charge in [-0.2, -0.15) is 0 Å². The minimum Gasteiger partial charge on any atom is -0.434 e. The fourth-order valence-electron chi connectivity index (χ4n) is 1.24. The standard InChI is InChI=1S/C11H7Br2NO2/c12-5-9(15)11-14-6-10(16-11)7-2-1-3-8(13)4-7/h1-4,6H,5H2. The summed E-state index contributed by atoms with van der Waals surface area (Å²) in [5.74, 6) is 0.554. The summed E-state index contributed by atoms with van der Waals surface area (Å²) < 4.78 is 6.32. The van der Waals surface area contributed by atoms with Crippen molar-refractivity contribution in [1.29, 1.82) is 0 Å². The Balaban J connectivity index is 2.35. The van der Waals surface area contributed by atoms with Crippen LogP contribution in [0.15, 0.2) is 39.4 Å². The number of carbonyl (C=O) groups excluding carboxylic acids is 1. The molecule has 0 aliphatic carbocycles. The minimum absolute atomic E-state index is 0.131. The molecule has 2 aromatic rings. The summed E-state index contributed by atoms with van der Waals surface area (Å²) in [5, 5.41) is 0.214. The lowest BCUT2D eigenvalue weighted by Gasteiger charge is -1.96. The first-order chi connectivity index (χ1) is 7.70. The molecular weight excluding hydrogens is 338 g/mol. The van der Waals surface area contributed by atoms with E-state index in [0.717, 1.165) is 10.0 Å². The van der Waals surface area contributed by atoms with Gasteiger partial charge in [-0.1, -0.05) is 44.0 Å². The van der Waals surface area contributed by atoms with E-state index in [1.54, 1.807) is 6.20 Å². The normalized spacial score (nSPS) is 10.4. The third-order valence-electron chi connectivity index (χ3n) is 1.97. The van der Waals surface area contributed by atoms with Crippen LogP contribution in [0.4, 0.5) is 0 Å². The number of ketones is 1. The molecule has 82 valence electrons. The average molecular weight is 345 g/mol. The molecule has 0 N–H and O–H groups in total. The van der Waals surface area contributed by atoms with E-state index in [0.29, 0.717) is 5.76 Å². The van der Waals surface area contributed by atoms with Crippen molar-refractivity contribution in [2.75, 3.05) is 5.33 Å². The number of nitrogens with zero attached hydrogens (tertiary/aromatic N) is 1. The second-order valence-electron chi connectivity index (χ2n) is 3.10. The van der Waals surface area contributed by atoms with Gasteiger partial charge < -0.3 is 4.42 Å². The first-order valence-electron chi connectivity index (χ1n) is 4.51. The Morgan fingerprint density at radius 1 is 1.44 bits per heavy atom. The van der Waals surface area contributed by atoms with Crippen molar-refractivity contribution in [3.63, 3.8) is 0 Å². The molecule has 0 aliphatic heterocycles. The van der Waals surface area contributed by atoms with Crippen LogP contribution < -0.4 is 0 Å². The summed E-state index contributed by atoms with van der Waals surface area (Å²) in [4.78, 5) is 15.2. The second-order valence-corrected chi connectivity index (χ2v) is 4.57. The number of alkyl halides is 1. The molecule has 2 rings (SSSR count). The van der Waals surface area contributed by atoms with Gasteiger partial charge in [0.15, 0.2) is 5.76 Å². The summed E-state index contributed by atoms with van der Waals surface area (Å²) in [5.41, 5.74) is 0.885. The highest BCUT2D eigenvalue weighted by Gasteiger charge is 2.12. The van der Waals surface area contributed by atoms with E-state index in [1.807, 2.05) is 24.3 Å². The fourth-order valence-corrected chi connectivity index (χ4v) is 1.87. The quantitative estimate of drug-likeness (QED) is 0.630. The van der Waals surface area contributed by atoms with Crippen LogP contribution in [0.3, 0.4) is 0 Å². The Kier molecular flexibility index (Phi) is 3.56. The molecule has 0 fully saturated rings. The molecule has 5 heteroatoms. The molecule has 0 aliphatic rings. The molecule has 1 heterocycles. The number of rotatable bonds is 3. The van der Waals surface area contributed by atoms with Gasteiger partial charge in [0.25, 0.3) is 5.89 Å². The van der Waals surface area contributed by atoms with Gasteiger partial charge in [-0.05, 0) is 12.1 Å². The molecule has 0 saturated heterocycles. The molecule has 16 heavy (non-hydrogen) atoms. The number of carbonyl (C=O) groups is 1. The van der Waals surface area contributed by atoms with E-state index in [1.165, 1.54) is 0 Å². The third-order valence-corrected chi connectivity index (χ3v) is 2.98. The summed E-state index contributed by atoms with van der Waals surface area (Å²) in [6.45, 7) is 0. The first kappa shape index (κ1) is 11.5. The third kappa shape index (κ3) is 2.41. The van der Waals surface area contributed by atoms with E-state index < -0.39 is 0 Å². The lowest BCUT2D eigenvalue weighted by molar-refractivity contribution is 0.0988. The molecule has 0 atom stereocenters. The highest BCUT2D eigenvalue weighted by atomic mass is 79.9. The van der Waals surface area contributed by atoms with Crippen LogP contribution in [-0.2, 0) is 0 Å². The van der Waals surface area contributed by atoms with Crippen molar-refractivity contribution in [2.45, 2.75) is 0 Å². The Labute approximate surface area is 109 Å². The average Bonchev–Trinajstić information content (AvgIpc) is 2.77. The summed E-state index contributed by atoms with van der Waals surface area (Å²) in [6.07, 6.45) is 1.55. The number of oxazole rings is 1. The van der Waals surface area contributed by atoms with E-state index in [-0.39, 0.29) is 17.0 Å². The van der Waals surface area contributed by atoms with Gasteiger partial charge in [0.1, 0.15) is 0 Å². The highest BCUT2D eigenvalue weighted by Crippen LogP contribution is 2.23. The Bertz CT molecular complexity index is 522. The molecular formula is C11H7Br2NO2. The van der Waals surface area contributed by atoms with Gasteiger partial charge in [-0.15, -0.1) is 0 Å². The molecule has 3 nitrogen and oxygen atoms in total. The maximum atomic E-state index is 11.3. The van der Waals surface area contributed by atoms with E-state index in [2.05, 4.69) is 36.8 Å². The Hall–Kier alpha value is -0.940. The number of halogens is 2. The van der Waals surface area contributed by atoms with Crippen molar-refractivity contribution in [3.8, 4) is 11.3 Å². The van der Waals surface area contributed by atoms with Gasteiger partial charge in [0.2, 0.25) is 5.78 Å². The van der Waals surface area contributed by atoms with Crippen LogP contribution in [0.2, 0.25) is 0 Å². The van der Waals surface area contributed by atoms with E-state index >= 15 is 0 Å². The summed E-state index contributed by atoms with van der Waals surface area (Å²) in [7, 11) is 0. The summed E-state index contributed by atoms with van der Waals surface area (Å²) in [6, 6.07) is 7.62. The summed E-state index contributed by atoms with van der Waals surface area (Å²) >= 11 is 6.44. The maximum absolute atomic E-state index is 11.3. The number of benzene rings is 1. The molecule has 0 radical (unpaired) electrons. The largest absolute Gasteiger partial charge is 0.434 e. The van der Waals surface area contributed by atoms with Crippen LogP contribution in [0, 0.1) is 0 Å². The second kappa shape index (κ2) is 4.93. The van der Waals surface area contributed by atoms with Gasteiger partial charge in [0.05, 0.1) is 11.5 Å². The fraction of sp³-hybridized carbons (Fsp3) is 0.0909. The molecule has 0 amide bonds. The molecule has 0 unspecified atom stereocenters. The van der Waals surface area contributed by atoms with Crippen molar-refractivity contribution in [2.24, 2.45) is 0 Å². The lowest BCUT2D eigenvalue weighted by atomic mass is 10.2. The van der Waals surface area contributed by atoms with E-state index in [9.17, 15) is 4.79 Å². The van der Waals surface area contributed by atoms with Crippen molar-refractivity contribution < 1.29 is 9.21 Å². The number of hydrogen-bond donors (Lipinski definition) is 0. The van der Waals surface area contributed by atoms with E-state index in [4.69, 9.17) is 4.42 Å². The van der Waals surface area contributed by atoms with Gasteiger partial charge in [-0.25, -0.2) is 4.98 Å².